The van der Waals surface area contributed by atoms with Crippen LogP contribution in [-0.2, 0) is 15.9 Å². The van der Waals surface area contributed by atoms with Gasteiger partial charge in [-0.2, -0.15) is 0 Å². The van der Waals surface area contributed by atoms with E-state index in [9.17, 15) is 4.79 Å². The Morgan fingerprint density at radius 1 is 1.29 bits per heavy atom. The van der Waals surface area contributed by atoms with Crippen molar-refractivity contribution in [2.24, 2.45) is 4.99 Å². The highest BCUT2D eigenvalue weighted by Crippen LogP contribution is 2.33. The second-order valence-corrected chi connectivity index (χ2v) is 9.12. The summed E-state index contributed by atoms with van der Waals surface area (Å²) in [5.41, 5.74) is 0.680. The Morgan fingerprint density at radius 3 is 2.45 bits per heavy atom. The molecule has 2 N–H and O–H groups in total. The minimum atomic E-state index is -0.756. The van der Waals surface area contributed by atoms with Crippen LogP contribution in [0.5, 0.6) is 0 Å². The molecule has 2 rings (SSSR count). The first-order chi connectivity index (χ1) is 13.9. The molecule has 0 aliphatic carbocycles. The van der Waals surface area contributed by atoms with Gasteiger partial charge in [-0.15, -0.1) is 24.0 Å². The van der Waals surface area contributed by atoms with E-state index in [0.717, 1.165) is 23.4 Å². The number of nitrogens with one attached hydrogen (secondary N) is 2. The summed E-state index contributed by atoms with van der Waals surface area (Å²) in [5, 5.41) is 10.6. The van der Waals surface area contributed by atoms with Gasteiger partial charge in [-0.25, -0.2) is 4.79 Å². The number of halogens is 1. The van der Waals surface area contributed by atoms with E-state index in [2.05, 4.69) is 20.8 Å². The van der Waals surface area contributed by atoms with E-state index in [1.807, 2.05) is 55.4 Å². The average Bonchev–Trinajstić information content (AvgIpc) is 3.04. The molecule has 1 aromatic heterocycles. The molecule has 178 valence electrons. The Balaban J connectivity index is 0.00000480. The molecule has 1 aromatic rings. The van der Waals surface area contributed by atoms with Gasteiger partial charge < -0.3 is 24.6 Å². The van der Waals surface area contributed by atoms with Crippen molar-refractivity contribution in [1.29, 1.82) is 0 Å². The first-order valence-electron chi connectivity index (χ1n) is 10.4. The molecule has 0 bridgehead atoms. The fourth-order valence-electron chi connectivity index (χ4n) is 3.71. The maximum Gasteiger partial charge on any atom is 0.412 e. The third-order valence-electron chi connectivity index (χ3n) is 5.07. The molecule has 9 nitrogen and oxygen atoms in total. The molecule has 31 heavy (non-hydrogen) atoms. The summed E-state index contributed by atoms with van der Waals surface area (Å²) in [6, 6.07) is -0.198. The molecule has 1 saturated heterocycles. The van der Waals surface area contributed by atoms with Gasteiger partial charge >= 0.3 is 6.09 Å². The second-order valence-electron chi connectivity index (χ2n) is 9.12. The normalized spacial score (nSPS) is 20.9. The monoisotopic (exact) mass is 551 g/mol. The molecule has 0 spiro atoms. The smallest absolute Gasteiger partial charge is 0.412 e. The Kier molecular flexibility index (Phi) is 9.61. The van der Waals surface area contributed by atoms with Gasteiger partial charge in [-0.05, 0) is 61.8 Å². The van der Waals surface area contributed by atoms with Crippen LogP contribution >= 0.6 is 24.0 Å². The number of carbonyl (C=O) groups is 1. The van der Waals surface area contributed by atoms with E-state index in [0.29, 0.717) is 19.0 Å². The van der Waals surface area contributed by atoms with Crippen LogP contribution in [0.3, 0.4) is 0 Å². The van der Waals surface area contributed by atoms with Crippen LogP contribution in [0.4, 0.5) is 4.79 Å². The number of ether oxygens (including phenoxy) is 2. The largest absolute Gasteiger partial charge is 0.444 e. The summed E-state index contributed by atoms with van der Waals surface area (Å²) >= 11 is 0. The summed E-state index contributed by atoms with van der Waals surface area (Å²) in [5.74, 6) is 1.49. The van der Waals surface area contributed by atoms with Crippen LogP contribution in [0, 0.1) is 13.8 Å². The molecule has 2 heterocycles. The van der Waals surface area contributed by atoms with Crippen molar-refractivity contribution in [1.82, 2.24) is 20.7 Å². The van der Waals surface area contributed by atoms with Crippen molar-refractivity contribution >= 4 is 36.0 Å². The van der Waals surface area contributed by atoms with Crippen molar-refractivity contribution < 1.29 is 18.8 Å². The number of hydrogen-bond donors (Lipinski definition) is 2. The molecular weight excluding hydrogens is 513 g/mol. The molecule has 10 heteroatoms. The van der Waals surface area contributed by atoms with E-state index in [1.54, 1.807) is 11.9 Å². The number of nitrogens with zero attached hydrogens (tertiary/aromatic N) is 3. The minimum absolute atomic E-state index is 0. The quantitative estimate of drug-likeness (QED) is 0.329. The molecule has 1 aliphatic rings. The molecule has 0 saturated carbocycles. The van der Waals surface area contributed by atoms with E-state index < -0.39 is 11.3 Å². The van der Waals surface area contributed by atoms with Crippen LogP contribution in [-0.4, -0.2) is 65.7 Å². The molecule has 1 aliphatic heterocycles. The topological polar surface area (TPSA) is 101 Å². The van der Waals surface area contributed by atoms with Crippen LogP contribution in [0.2, 0.25) is 0 Å². The zero-order valence-corrected chi connectivity index (χ0v) is 22.5. The number of guanidine groups is 1. The van der Waals surface area contributed by atoms with Gasteiger partial charge in [0.1, 0.15) is 17.1 Å². The first-order valence-corrected chi connectivity index (χ1v) is 10.4. The van der Waals surface area contributed by atoms with Crippen molar-refractivity contribution in [2.45, 2.75) is 85.3 Å². The molecule has 2 unspecified atom stereocenters. The number of aliphatic imine (C=N–C) groups is 1. The molecule has 1 fully saturated rings. The lowest BCUT2D eigenvalue weighted by atomic mass is 10.1. The zero-order valence-electron chi connectivity index (χ0n) is 20.2. The highest BCUT2D eigenvalue weighted by molar-refractivity contribution is 14.0. The third kappa shape index (κ3) is 7.23. The average molecular weight is 551 g/mol. The van der Waals surface area contributed by atoms with Crippen LogP contribution in [0.1, 0.15) is 58.6 Å². The van der Waals surface area contributed by atoms with Crippen molar-refractivity contribution in [3.05, 3.63) is 17.0 Å². The van der Waals surface area contributed by atoms with Gasteiger partial charge in [0.25, 0.3) is 0 Å². The SMILES string of the molecule is CN=C(NCCc1c(C)noc1C)NCC1C(C)OC(C)(C)N1C(=O)OC(C)(C)C.I. The fourth-order valence-corrected chi connectivity index (χ4v) is 3.71. The number of amides is 1. The van der Waals surface area contributed by atoms with Crippen LogP contribution in [0.25, 0.3) is 0 Å². The van der Waals surface area contributed by atoms with Crippen molar-refractivity contribution in [3.63, 3.8) is 0 Å². The zero-order chi connectivity index (χ0) is 22.7. The Labute approximate surface area is 202 Å². The number of aryl methyl sites for hydroxylation is 2. The molecule has 2 atom stereocenters. The molecule has 0 aromatic carbocycles. The second kappa shape index (κ2) is 10.8. The van der Waals surface area contributed by atoms with Crippen molar-refractivity contribution in [2.75, 3.05) is 20.1 Å². The van der Waals surface area contributed by atoms with Gasteiger partial charge in [0.15, 0.2) is 5.96 Å². The summed E-state index contributed by atoms with van der Waals surface area (Å²) in [4.78, 5) is 18.8. The first kappa shape index (κ1) is 27.5. The molecule has 1 amide bonds. The number of carbonyl (C=O) groups excluding carboxylic acids is 1. The predicted molar refractivity (Wildman–Crippen MR) is 131 cm³/mol. The maximum atomic E-state index is 12.8. The van der Waals surface area contributed by atoms with Gasteiger partial charge in [0, 0.05) is 25.7 Å². The summed E-state index contributed by atoms with van der Waals surface area (Å²) in [7, 11) is 1.72. The van der Waals surface area contributed by atoms with Gasteiger partial charge in [-0.1, -0.05) is 5.16 Å². The third-order valence-corrected chi connectivity index (χ3v) is 5.07. The van der Waals surface area contributed by atoms with E-state index in [1.165, 1.54) is 0 Å². The van der Waals surface area contributed by atoms with E-state index in [-0.39, 0.29) is 42.2 Å². The van der Waals surface area contributed by atoms with Gasteiger partial charge in [0.05, 0.1) is 17.8 Å². The standard InChI is InChI=1S/C21H37N5O4.HI/c1-13-16(14(2)30-25-13)10-11-23-18(22-9)24-12-17-15(3)28-21(7,8)26(17)19(27)29-20(4,5)6;/h15,17H,10-12H2,1-9H3,(H2,22,23,24);1H. The Morgan fingerprint density at radius 2 is 1.94 bits per heavy atom. The Bertz CT molecular complexity index is 753. The van der Waals surface area contributed by atoms with Crippen molar-refractivity contribution in [3.8, 4) is 0 Å². The van der Waals surface area contributed by atoms with E-state index >= 15 is 0 Å². The number of hydrogen-bond acceptors (Lipinski definition) is 6. The maximum absolute atomic E-state index is 12.8. The van der Waals surface area contributed by atoms with Crippen LogP contribution in [0.15, 0.2) is 9.52 Å². The van der Waals surface area contributed by atoms with Crippen LogP contribution < -0.4 is 10.6 Å². The highest BCUT2D eigenvalue weighted by atomic mass is 127. The van der Waals surface area contributed by atoms with Gasteiger partial charge in [-0.3, -0.25) is 9.89 Å². The number of rotatable bonds is 5. The lowest BCUT2D eigenvalue weighted by Gasteiger charge is -2.35. The number of aromatic nitrogens is 1. The lowest BCUT2D eigenvalue weighted by molar-refractivity contribution is -0.0755. The predicted octanol–water partition coefficient (Wildman–Crippen LogP) is 3.38. The Hall–Kier alpha value is -1.56. The van der Waals surface area contributed by atoms with Gasteiger partial charge in [0.2, 0.25) is 0 Å². The van der Waals surface area contributed by atoms with E-state index in [4.69, 9.17) is 14.0 Å². The lowest BCUT2D eigenvalue weighted by Crippen LogP contribution is -2.54. The summed E-state index contributed by atoms with van der Waals surface area (Å²) in [6.07, 6.45) is 0.243. The minimum Gasteiger partial charge on any atom is -0.444 e. The fraction of sp³-hybridized carbons (Fsp3) is 0.762. The molecule has 0 radical (unpaired) electrons. The molecular formula is C21H38IN5O4. The summed E-state index contributed by atoms with van der Waals surface area (Å²) in [6.45, 7) is 16.3. The highest BCUT2D eigenvalue weighted by Gasteiger charge is 2.49. The summed E-state index contributed by atoms with van der Waals surface area (Å²) < 4.78 is 16.9.